The molecule has 14 rings (SSSR count). The maximum Gasteiger partial charge on any atom is 0.164 e. The van der Waals surface area contributed by atoms with Crippen molar-refractivity contribution in [1.82, 2.24) is 19.5 Å². The Bertz CT molecular complexity index is 3890. The Hall–Kier alpha value is -8.67. The standard InChI is InChI=1S/C62H40N4O/c1-3-16-39(17-4-1)40-30-32-43(33-31-40)60-63-59(42-19-5-2-6-20-42)64-61(65-60)44-21-15-22-45(38-44)66-54-37-34-41-18-7-8-23-46(41)56(54)49-35-36-53-58(57(49)66)67-55-29-14-13-28-52(55)62(53)50-26-11-9-24-47(50)48-25-10-12-27-51(48)62/h1-9,11-24,26-38H,10,25H2. The summed E-state index contributed by atoms with van der Waals surface area (Å²) in [4.78, 5) is 15.5. The van der Waals surface area contributed by atoms with E-state index >= 15 is 0 Å². The van der Waals surface area contributed by atoms with Gasteiger partial charge in [-0.15, -0.1) is 0 Å². The summed E-state index contributed by atoms with van der Waals surface area (Å²) in [6, 6.07) is 73.4. The number of benzene rings is 9. The first-order chi connectivity index (χ1) is 33.2. The number of nitrogens with zero attached hydrogens (tertiary/aromatic N) is 4. The first kappa shape index (κ1) is 37.7. The number of ether oxygens (including phenoxy) is 1. The average Bonchev–Trinajstić information content (AvgIpc) is 3.91. The minimum absolute atomic E-state index is 0.555. The first-order valence-corrected chi connectivity index (χ1v) is 23.1. The van der Waals surface area contributed by atoms with E-state index in [9.17, 15) is 0 Å². The Morgan fingerprint density at radius 2 is 1.12 bits per heavy atom. The number of para-hydroxylation sites is 1. The van der Waals surface area contributed by atoms with Gasteiger partial charge in [-0.3, -0.25) is 0 Å². The van der Waals surface area contributed by atoms with Gasteiger partial charge < -0.3 is 9.30 Å². The highest BCUT2D eigenvalue weighted by Crippen LogP contribution is 2.64. The van der Waals surface area contributed by atoms with Crippen LogP contribution in [0.2, 0.25) is 0 Å². The molecule has 1 spiro atoms. The largest absolute Gasteiger partial charge is 0.454 e. The summed E-state index contributed by atoms with van der Waals surface area (Å²) in [5, 5.41) is 4.72. The Morgan fingerprint density at radius 3 is 1.94 bits per heavy atom. The minimum Gasteiger partial charge on any atom is -0.454 e. The van der Waals surface area contributed by atoms with Gasteiger partial charge in [0, 0.05) is 44.3 Å². The zero-order valence-electron chi connectivity index (χ0n) is 36.4. The highest BCUT2D eigenvalue weighted by molar-refractivity contribution is 6.22. The van der Waals surface area contributed by atoms with E-state index in [1.165, 1.54) is 44.0 Å². The van der Waals surface area contributed by atoms with Crippen LogP contribution in [0.15, 0.2) is 224 Å². The van der Waals surface area contributed by atoms with Crippen molar-refractivity contribution in [3.8, 4) is 62.5 Å². The summed E-state index contributed by atoms with van der Waals surface area (Å²) in [6.07, 6.45) is 6.79. The molecular formula is C62H40N4O. The molecule has 1 atom stereocenters. The summed E-state index contributed by atoms with van der Waals surface area (Å²) >= 11 is 0. The van der Waals surface area contributed by atoms with Crippen LogP contribution in [-0.4, -0.2) is 19.5 Å². The van der Waals surface area contributed by atoms with E-state index in [-0.39, 0.29) is 0 Å². The monoisotopic (exact) mass is 856 g/mol. The van der Waals surface area contributed by atoms with Crippen LogP contribution in [0.3, 0.4) is 0 Å². The molecule has 5 heteroatoms. The van der Waals surface area contributed by atoms with Crippen molar-refractivity contribution in [2.45, 2.75) is 18.3 Å². The van der Waals surface area contributed by atoms with Gasteiger partial charge in [-0.25, -0.2) is 15.0 Å². The third-order valence-electron chi connectivity index (χ3n) is 14.2. The lowest BCUT2D eigenvalue weighted by atomic mass is 9.64. The summed E-state index contributed by atoms with van der Waals surface area (Å²) in [5.41, 5.74) is 15.3. The molecule has 0 bridgehead atoms. The number of allylic oxidation sites excluding steroid dienone is 4. The van der Waals surface area contributed by atoms with Crippen molar-refractivity contribution in [2.75, 3.05) is 0 Å². The van der Waals surface area contributed by atoms with E-state index < -0.39 is 5.41 Å². The van der Waals surface area contributed by atoms with Gasteiger partial charge in [-0.05, 0) is 81.3 Å². The van der Waals surface area contributed by atoms with Gasteiger partial charge >= 0.3 is 0 Å². The number of rotatable bonds is 5. The van der Waals surface area contributed by atoms with Crippen LogP contribution < -0.4 is 4.74 Å². The molecule has 1 unspecified atom stereocenters. The van der Waals surface area contributed by atoms with E-state index in [1.54, 1.807) is 0 Å². The van der Waals surface area contributed by atoms with E-state index in [0.29, 0.717) is 17.5 Å². The highest BCUT2D eigenvalue weighted by atomic mass is 16.5. The van der Waals surface area contributed by atoms with Crippen molar-refractivity contribution < 1.29 is 4.74 Å². The quantitative estimate of drug-likeness (QED) is 0.173. The van der Waals surface area contributed by atoms with E-state index in [1.807, 2.05) is 24.3 Å². The Balaban J connectivity index is 1.02. The van der Waals surface area contributed by atoms with Gasteiger partial charge in [-0.2, -0.15) is 0 Å². The Kier molecular flexibility index (Phi) is 8.25. The summed E-state index contributed by atoms with van der Waals surface area (Å²) < 4.78 is 9.77. The zero-order chi connectivity index (χ0) is 44.1. The third kappa shape index (κ3) is 5.58. The lowest BCUT2D eigenvalue weighted by molar-refractivity contribution is 0.439. The van der Waals surface area contributed by atoms with Gasteiger partial charge in [0.25, 0.3) is 0 Å². The van der Waals surface area contributed by atoms with E-state index in [0.717, 1.165) is 79.8 Å². The van der Waals surface area contributed by atoms with Crippen molar-refractivity contribution in [1.29, 1.82) is 0 Å². The molecule has 0 saturated carbocycles. The summed E-state index contributed by atoms with van der Waals surface area (Å²) in [6.45, 7) is 0. The van der Waals surface area contributed by atoms with Crippen molar-refractivity contribution >= 4 is 38.2 Å². The van der Waals surface area contributed by atoms with Gasteiger partial charge in [0.05, 0.1) is 16.4 Å². The maximum absolute atomic E-state index is 7.36. The molecule has 314 valence electrons. The Labute approximate surface area is 387 Å². The highest BCUT2D eigenvalue weighted by Gasteiger charge is 2.52. The third-order valence-corrected chi connectivity index (χ3v) is 14.2. The molecule has 2 aromatic heterocycles. The van der Waals surface area contributed by atoms with Gasteiger partial charge in [0.1, 0.15) is 5.75 Å². The molecule has 3 heterocycles. The Morgan fingerprint density at radius 1 is 0.478 bits per heavy atom. The molecule has 0 radical (unpaired) electrons. The second kappa shape index (κ2) is 14.7. The molecule has 9 aromatic carbocycles. The molecule has 2 aliphatic carbocycles. The average molecular weight is 857 g/mol. The lowest BCUT2D eigenvalue weighted by Crippen LogP contribution is -2.33. The number of aromatic nitrogens is 4. The molecule has 0 saturated heterocycles. The number of fused-ring (bicyclic) bond motifs is 14. The predicted molar refractivity (Wildman–Crippen MR) is 272 cm³/mol. The first-order valence-electron chi connectivity index (χ1n) is 23.1. The van der Waals surface area contributed by atoms with Gasteiger partial charge in [-0.1, -0.05) is 194 Å². The second-order valence-electron chi connectivity index (χ2n) is 17.7. The zero-order valence-corrected chi connectivity index (χ0v) is 36.4. The second-order valence-corrected chi connectivity index (χ2v) is 17.7. The molecule has 5 nitrogen and oxygen atoms in total. The lowest BCUT2D eigenvalue weighted by Gasteiger charge is -2.40. The maximum atomic E-state index is 7.36. The minimum atomic E-state index is -0.555. The van der Waals surface area contributed by atoms with Crippen LogP contribution in [0.25, 0.3) is 89.1 Å². The fourth-order valence-corrected chi connectivity index (χ4v) is 11.3. The van der Waals surface area contributed by atoms with Crippen molar-refractivity contribution in [3.05, 3.63) is 246 Å². The van der Waals surface area contributed by atoms with E-state index in [4.69, 9.17) is 19.7 Å². The fourth-order valence-electron chi connectivity index (χ4n) is 11.3. The van der Waals surface area contributed by atoms with Crippen molar-refractivity contribution in [2.24, 2.45) is 0 Å². The van der Waals surface area contributed by atoms with Crippen LogP contribution in [0.4, 0.5) is 0 Å². The predicted octanol–water partition coefficient (Wildman–Crippen LogP) is 15.3. The molecule has 0 fully saturated rings. The van der Waals surface area contributed by atoms with Crippen LogP contribution in [0.1, 0.15) is 35.1 Å². The van der Waals surface area contributed by atoms with E-state index in [2.05, 4.69) is 199 Å². The molecule has 3 aliphatic rings. The summed E-state index contributed by atoms with van der Waals surface area (Å²) in [7, 11) is 0. The SMILES string of the molecule is C1=CC2=C(CC1)c1ccccc1C21c2ccccc2Oc2c1ccc1c3c4ccccc4ccc3n(-c3cccc(-c4nc(-c5ccccc5)nc(-c5ccc(-c6ccccc6)cc5)n4)c3)c21. The topological polar surface area (TPSA) is 52.8 Å². The molecule has 0 N–H and O–H groups in total. The molecule has 1 aliphatic heterocycles. The number of hydrogen-bond donors (Lipinski definition) is 0. The summed E-state index contributed by atoms with van der Waals surface area (Å²) in [5.74, 6) is 3.59. The molecular weight excluding hydrogens is 817 g/mol. The molecule has 0 amide bonds. The normalized spacial score (nSPS) is 15.7. The smallest absolute Gasteiger partial charge is 0.164 e. The van der Waals surface area contributed by atoms with Crippen LogP contribution in [-0.2, 0) is 5.41 Å². The molecule has 67 heavy (non-hydrogen) atoms. The fraction of sp³-hybridized carbons (Fsp3) is 0.0484. The van der Waals surface area contributed by atoms with Crippen molar-refractivity contribution in [3.63, 3.8) is 0 Å². The van der Waals surface area contributed by atoms with Crippen LogP contribution in [0.5, 0.6) is 11.5 Å². The van der Waals surface area contributed by atoms with Gasteiger partial charge in [0.2, 0.25) is 0 Å². The van der Waals surface area contributed by atoms with Crippen LogP contribution >= 0.6 is 0 Å². The van der Waals surface area contributed by atoms with Gasteiger partial charge in [0.15, 0.2) is 23.2 Å². The number of hydrogen-bond acceptors (Lipinski definition) is 4. The molecule has 11 aromatic rings. The van der Waals surface area contributed by atoms with Crippen LogP contribution in [0, 0.1) is 0 Å².